The van der Waals surface area contributed by atoms with Crippen molar-refractivity contribution in [3.05, 3.63) is 68.9 Å². The van der Waals surface area contributed by atoms with E-state index in [1.165, 1.54) is 6.07 Å². The summed E-state index contributed by atoms with van der Waals surface area (Å²) in [5, 5.41) is 6.18. The first-order valence-electron chi connectivity index (χ1n) is 5.75. The number of rotatable bonds is 2. The van der Waals surface area contributed by atoms with Gasteiger partial charge >= 0.3 is 5.63 Å². The largest absolute Gasteiger partial charge is 0.422 e. The Balaban J connectivity index is 2.44. The van der Waals surface area contributed by atoms with Crippen LogP contribution in [-0.4, -0.2) is 0 Å². The summed E-state index contributed by atoms with van der Waals surface area (Å²) in [7, 11) is 0. The molecular formula is C14H9N3O2. The third-order valence-electron chi connectivity index (χ3n) is 3.02. The van der Waals surface area contributed by atoms with E-state index in [2.05, 4.69) is 10.0 Å². The molecule has 0 spiro atoms. The molecule has 5 heteroatoms. The lowest BCUT2D eigenvalue weighted by molar-refractivity contribution is 0.562. The van der Waals surface area contributed by atoms with Crippen LogP contribution in [0.25, 0.3) is 32.2 Å². The molecule has 0 amide bonds. The molecule has 0 fully saturated rings. The summed E-state index contributed by atoms with van der Waals surface area (Å²) in [4.78, 5) is 14.3. The fourth-order valence-corrected chi connectivity index (χ4v) is 2.19. The lowest BCUT2D eigenvalue weighted by atomic mass is 10.0. The van der Waals surface area contributed by atoms with Crippen LogP contribution in [-0.2, 0) is 6.54 Å². The van der Waals surface area contributed by atoms with Gasteiger partial charge in [0.15, 0.2) is 0 Å². The highest BCUT2D eigenvalue weighted by atomic mass is 16.4. The molecule has 0 unspecified atom stereocenters. The molecule has 0 radical (unpaired) electrons. The fourth-order valence-electron chi connectivity index (χ4n) is 2.19. The Hall–Kier alpha value is -2.78. The zero-order chi connectivity index (χ0) is 13.2. The molecule has 0 bridgehead atoms. The van der Waals surface area contributed by atoms with E-state index in [-0.39, 0.29) is 6.54 Å². The quantitative estimate of drug-likeness (QED) is 0.228. The molecule has 0 N–H and O–H groups in total. The molecule has 3 aromatic rings. The van der Waals surface area contributed by atoms with E-state index in [1.807, 2.05) is 36.4 Å². The highest BCUT2D eigenvalue weighted by Crippen LogP contribution is 2.26. The minimum Gasteiger partial charge on any atom is -0.422 e. The van der Waals surface area contributed by atoms with Crippen LogP contribution in [0.1, 0.15) is 5.56 Å². The lowest BCUT2D eigenvalue weighted by Gasteiger charge is -2.05. The molecule has 0 aliphatic carbocycles. The Morgan fingerprint density at radius 3 is 2.84 bits per heavy atom. The average Bonchev–Trinajstić information content (AvgIpc) is 2.44. The molecule has 19 heavy (non-hydrogen) atoms. The van der Waals surface area contributed by atoms with E-state index >= 15 is 0 Å². The maximum Gasteiger partial charge on any atom is 0.336 e. The number of nitrogens with zero attached hydrogens (tertiary/aromatic N) is 3. The van der Waals surface area contributed by atoms with Gasteiger partial charge in [0, 0.05) is 21.8 Å². The van der Waals surface area contributed by atoms with E-state index in [0.29, 0.717) is 11.1 Å². The summed E-state index contributed by atoms with van der Waals surface area (Å²) < 4.78 is 5.31. The summed E-state index contributed by atoms with van der Waals surface area (Å²) in [6.07, 6.45) is 0. The second kappa shape index (κ2) is 4.48. The van der Waals surface area contributed by atoms with Gasteiger partial charge in [0.25, 0.3) is 0 Å². The van der Waals surface area contributed by atoms with Crippen LogP contribution in [0.15, 0.2) is 56.8 Å². The smallest absolute Gasteiger partial charge is 0.336 e. The van der Waals surface area contributed by atoms with Gasteiger partial charge in [-0.2, -0.15) is 0 Å². The Morgan fingerprint density at radius 1 is 1.16 bits per heavy atom. The van der Waals surface area contributed by atoms with Gasteiger partial charge in [-0.1, -0.05) is 41.5 Å². The molecule has 2 aromatic carbocycles. The number of fused-ring (bicyclic) bond motifs is 3. The third-order valence-corrected chi connectivity index (χ3v) is 3.02. The van der Waals surface area contributed by atoms with Gasteiger partial charge in [-0.25, -0.2) is 4.79 Å². The number of benzene rings is 2. The van der Waals surface area contributed by atoms with Gasteiger partial charge in [0.05, 0.1) is 6.54 Å². The lowest BCUT2D eigenvalue weighted by Crippen LogP contribution is -2.00. The number of hydrogen-bond acceptors (Lipinski definition) is 3. The van der Waals surface area contributed by atoms with Gasteiger partial charge < -0.3 is 4.42 Å². The summed E-state index contributed by atoms with van der Waals surface area (Å²) in [6.45, 7) is 0.136. The van der Waals surface area contributed by atoms with Crippen LogP contribution < -0.4 is 5.63 Å². The second-order valence-corrected chi connectivity index (χ2v) is 4.14. The first-order valence-corrected chi connectivity index (χ1v) is 5.75. The van der Waals surface area contributed by atoms with Crippen LogP contribution in [0.2, 0.25) is 0 Å². The molecule has 1 aromatic heterocycles. The van der Waals surface area contributed by atoms with E-state index < -0.39 is 5.63 Å². The topological polar surface area (TPSA) is 79.0 Å². The van der Waals surface area contributed by atoms with Gasteiger partial charge in [-0.3, -0.25) is 0 Å². The molecule has 0 aliphatic heterocycles. The SMILES string of the molecule is [N-]=[N+]=NCc1cc(=O)oc2c1ccc1ccccc12. The van der Waals surface area contributed by atoms with Crippen molar-refractivity contribution in [2.75, 3.05) is 0 Å². The monoisotopic (exact) mass is 251 g/mol. The molecule has 3 rings (SSSR count). The Kier molecular flexibility index (Phi) is 2.67. The third kappa shape index (κ3) is 1.92. The van der Waals surface area contributed by atoms with Crippen molar-refractivity contribution < 1.29 is 4.42 Å². The highest BCUT2D eigenvalue weighted by molar-refractivity contribution is 6.04. The summed E-state index contributed by atoms with van der Waals surface area (Å²) >= 11 is 0. The molecule has 0 aliphatic rings. The van der Waals surface area contributed by atoms with Crippen molar-refractivity contribution >= 4 is 21.7 Å². The highest BCUT2D eigenvalue weighted by Gasteiger charge is 2.08. The summed E-state index contributed by atoms with van der Waals surface area (Å²) in [5.41, 5.74) is 9.17. The Labute approximate surface area is 107 Å². The van der Waals surface area contributed by atoms with Crippen molar-refractivity contribution in [2.24, 2.45) is 5.11 Å². The van der Waals surface area contributed by atoms with Crippen molar-refractivity contribution in [1.29, 1.82) is 0 Å². The molecule has 0 saturated carbocycles. The van der Waals surface area contributed by atoms with Gasteiger partial charge in [0.2, 0.25) is 0 Å². The first-order chi connectivity index (χ1) is 9.29. The van der Waals surface area contributed by atoms with Crippen LogP contribution >= 0.6 is 0 Å². The number of hydrogen-bond donors (Lipinski definition) is 0. The molecule has 0 atom stereocenters. The standard InChI is InChI=1S/C14H9N3O2/c15-17-16-8-10-7-13(18)19-14-11-4-2-1-3-9(11)5-6-12(10)14/h1-7H,8H2. The molecule has 1 heterocycles. The van der Waals surface area contributed by atoms with Crippen molar-refractivity contribution in [2.45, 2.75) is 6.54 Å². The maximum atomic E-state index is 11.6. The van der Waals surface area contributed by atoms with Crippen LogP contribution in [0.4, 0.5) is 0 Å². The molecule has 92 valence electrons. The van der Waals surface area contributed by atoms with E-state index in [4.69, 9.17) is 9.95 Å². The molecular weight excluding hydrogens is 242 g/mol. The zero-order valence-electron chi connectivity index (χ0n) is 9.91. The van der Waals surface area contributed by atoms with Gasteiger partial charge in [-0.15, -0.1) is 0 Å². The zero-order valence-corrected chi connectivity index (χ0v) is 9.91. The van der Waals surface area contributed by atoms with E-state index in [9.17, 15) is 4.79 Å². The predicted octanol–water partition coefficient (Wildman–Crippen LogP) is 3.76. The van der Waals surface area contributed by atoms with Crippen molar-refractivity contribution in [3.63, 3.8) is 0 Å². The summed E-state index contributed by atoms with van der Waals surface area (Å²) in [5.74, 6) is 0. The predicted molar refractivity (Wildman–Crippen MR) is 72.8 cm³/mol. The normalized spacial score (nSPS) is 10.5. The Morgan fingerprint density at radius 2 is 2.00 bits per heavy atom. The Bertz CT molecular complexity index is 877. The van der Waals surface area contributed by atoms with Crippen molar-refractivity contribution in [1.82, 2.24) is 0 Å². The molecule has 5 nitrogen and oxygen atoms in total. The van der Waals surface area contributed by atoms with E-state index in [0.717, 1.165) is 16.2 Å². The molecule has 0 saturated heterocycles. The van der Waals surface area contributed by atoms with Gasteiger partial charge in [0.1, 0.15) is 5.58 Å². The van der Waals surface area contributed by atoms with E-state index in [1.54, 1.807) is 0 Å². The first kappa shape index (κ1) is 11.3. The van der Waals surface area contributed by atoms with Gasteiger partial charge in [-0.05, 0) is 16.5 Å². The van der Waals surface area contributed by atoms with Crippen molar-refractivity contribution in [3.8, 4) is 0 Å². The minimum absolute atomic E-state index is 0.136. The van der Waals surface area contributed by atoms with Crippen LogP contribution in [0, 0.1) is 0 Å². The van der Waals surface area contributed by atoms with Crippen LogP contribution in [0.3, 0.4) is 0 Å². The second-order valence-electron chi connectivity index (χ2n) is 4.14. The average molecular weight is 251 g/mol. The van der Waals surface area contributed by atoms with Crippen LogP contribution in [0.5, 0.6) is 0 Å². The number of azide groups is 1. The maximum absolute atomic E-state index is 11.6. The summed E-state index contributed by atoms with van der Waals surface area (Å²) in [6, 6.07) is 12.9. The minimum atomic E-state index is -0.438. The fraction of sp³-hybridized carbons (Fsp3) is 0.0714.